The Labute approximate surface area is 171 Å². The third-order valence-corrected chi connectivity index (χ3v) is 5.67. The molecule has 1 saturated heterocycles. The van der Waals surface area contributed by atoms with Crippen LogP contribution in [0.15, 0.2) is 63.0 Å². The SMILES string of the molecule is C[C@@H](O)[C@H]1C(=O)N2C(C(=O)O)=C(/C=C/COc3ccc4ccc(=O)oc4c3)[C@H](C)[C@H]12. The van der Waals surface area contributed by atoms with Crippen molar-refractivity contribution in [2.45, 2.75) is 26.0 Å². The average molecular weight is 411 g/mol. The van der Waals surface area contributed by atoms with Crippen LogP contribution in [-0.2, 0) is 9.59 Å². The van der Waals surface area contributed by atoms with Gasteiger partial charge in [0.1, 0.15) is 23.6 Å². The quantitative estimate of drug-likeness (QED) is 0.551. The maximum Gasteiger partial charge on any atom is 0.352 e. The van der Waals surface area contributed by atoms with Gasteiger partial charge in [0.15, 0.2) is 0 Å². The first-order valence-electron chi connectivity index (χ1n) is 9.61. The largest absolute Gasteiger partial charge is 0.489 e. The van der Waals surface area contributed by atoms with E-state index in [0.717, 1.165) is 5.39 Å². The van der Waals surface area contributed by atoms with E-state index in [2.05, 4.69) is 0 Å². The zero-order chi connectivity index (χ0) is 21.6. The van der Waals surface area contributed by atoms with Gasteiger partial charge in [-0.15, -0.1) is 0 Å². The Kier molecular flexibility index (Phi) is 4.95. The van der Waals surface area contributed by atoms with Gasteiger partial charge in [0.05, 0.1) is 18.1 Å². The summed E-state index contributed by atoms with van der Waals surface area (Å²) in [7, 11) is 0. The first-order valence-corrected chi connectivity index (χ1v) is 9.61. The number of carbonyl (C=O) groups is 2. The van der Waals surface area contributed by atoms with Crippen LogP contribution in [0, 0.1) is 11.8 Å². The van der Waals surface area contributed by atoms with Gasteiger partial charge in [-0.05, 0) is 36.8 Å². The highest BCUT2D eigenvalue weighted by molar-refractivity contribution is 6.00. The molecule has 1 aromatic heterocycles. The number of hydrogen-bond acceptors (Lipinski definition) is 6. The second-order valence-electron chi connectivity index (χ2n) is 7.53. The smallest absolute Gasteiger partial charge is 0.352 e. The van der Waals surface area contributed by atoms with Crippen molar-refractivity contribution in [1.82, 2.24) is 4.90 Å². The molecule has 0 radical (unpaired) electrons. The molecule has 0 spiro atoms. The summed E-state index contributed by atoms with van der Waals surface area (Å²) in [4.78, 5) is 36.7. The van der Waals surface area contributed by atoms with Crippen molar-refractivity contribution in [1.29, 1.82) is 0 Å². The zero-order valence-electron chi connectivity index (χ0n) is 16.4. The number of benzene rings is 1. The number of fused-ring (bicyclic) bond motifs is 2. The lowest BCUT2D eigenvalue weighted by Crippen LogP contribution is -2.63. The first-order chi connectivity index (χ1) is 14.3. The van der Waals surface area contributed by atoms with Gasteiger partial charge in [-0.3, -0.25) is 4.79 Å². The van der Waals surface area contributed by atoms with Crippen LogP contribution in [0.2, 0.25) is 0 Å². The lowest BCUT2D eigenvalue weighted by molar-refractivity contribution is -0.163. The van der Waals surface area contributed by atoms with Crippen LogP contribution in [-0.4, -0.2) is 45.7 Å². The first kappa shape index (κ1) is 19.9. The van der Waals surface area contributed by atoms with E-state index in [0.29, 0.717) is 16.9 Å². The second-order valence-corrected chi connectivity index (χ2v) is 7.53. The van der Waals surface area contributed by atoms with Gasteiger partial charge in [0.2, 0.25) is 5.91 Å². The van der Waals surface area contributed by atoms with Crippen LogP contribution in [0.4, 0.5) is 0 Å². The Balaban J connectivity index is 1.50. The Morgan fingerprint density at radius 1 is 1.30 bits per heavy atom. The molecular weight excluding hydrogens is 390 g/mol. The van der Waals surface area contributed by atoms with E-state index in [4.69, 9.17) is 9.15 Å². The molecule has 2 aliphatic heterocycles. The fourth-order valence-electron chi connectivity index (χ4n) is 4.26. The summed E-state index contributed by atoms with van der Waals surface area (Å²) in [5, 5.41) is 20.3. The molecule has 1 amide bonds. The number of rotatable bonds is 6. The number of amides is 1. The number of nitrogens with zero attached hydrogens (tertiary/aromatic N) is 1. The van der Waals surface area contributed by atoms with Gasteiger partial charge in [-0.2, -0.15) is 0 Å². The van der Waals surface area contributed by atoms with Crippen molar-refractivity contribution in [2.24, 2.45) is 11.8 Å². The third kappa shape index (κ3) is 3.19. The van der Waals surface area contributed by atoms with Gasteiger partial charge >= 0.3 is 11.6 Å². The number of carboxylic acid groups (broad SMARTS) is 1. The Morgan fingerprint density at radius 3 is 2.73 bits per heavy atom. The maximum atomic E-state index is 12.3. The van der Waals surface area contributed by atoms with E-state index in [9.17, 15) is 24.6 Å². The van der Waals surface area contributed by atoms with E-state index in [1.54, 1.807) is 43.3 Å². The molecule has 4 rings (SSSR count). The van der Waals surface area contributed by atoms with Crippen LogP contribution in [0.1, 0.15) is 13.8 Å². The molecule has 8 heteroatoms. The number of ether oxygens (including phenoxy) is 1. The molecule has 2 aliphatic rings. The number of aliphatic carboxylic acids is 1. The zero-order valence-corrected chi connectivity index (χ0v) is 16.4. The molecule has 0 unspecified atom stereocenters. The van der Waals surface area contributed by atoms with Crippen molar-refractivity contribution in [3.05, 3.63) is 64.2 Å². The van der Waals surface area contributed by atoms with Crippen LogP contribution >= 0.6 is 0 Å². The fraction of sp³-hybridized carbons (Fsp3) is 0.318. The fourth-order valence-corrected chi connectivity index (χ4v) is 4.26. The van der Waals surface area contributed by atoms with Crippen molar-refractivity contribution >= 4 is 22.8 Å². The van der Waals surface area contributed by atoms with Gasteiger partial charge in [0, 0.05) is 23.4 Å². The molecule has 30 heavy (non-hydrogen) atoms. The van der Waals surface area contributed by atoms with E-state index in [-0.39, 0.29) is 30.2 Å². The highest BCUT2D eigenvalue weighted by Gasteiger charge is 2.59. The van der Waals surface area contributed by atoms with Crippen LogP contribution in [0.5, 0.6) is 5.75 Å². The van der Waals surface area contributed by atoms with Crippen molar-refractivity contribution in [3.8, 4) is 5.75 Å². The summed E-state index contributed by atoms with van der Waals surface area (Å²) < 4.78 is 10.8. The minimum atomic E-state index is -1.17. The number of β-lactam (4-membered cyclic amide) rings is 1. The van der Waals surface area contributed by atoms with Crippen molar-refractivity contribution in [3.63, 3.8) is 0 Å². The van der Waals surface area contributed by atoms with E-state index in [1.807, 2.05) is 6.92 Å². The Hall–Kier alpha value is -3.39. The van der Waals surface area contributed by atoms with E-state index in [1.165, 1.54) is 11.0 Å². The van der Waals surface area contributed by atoms with Crippen LogP contribution in [0.25, 0.3) is 11.0 Å². The lowest BCUT2D eigenvalue weighted by Gasteiger charge is -2.46. The predicted molar refractivity (Wildman–Crippen MR) is 107 cm³/mol. The summed E-state index contributed by atoms with van der Waals surface area (Å²) in [6.07, 6.45) is 2.49. The topological polar surface area (TPSA) is 117 Å². The summed E-state index contributed by atoms with van der Waals surface area (Å²) in [5.41, 5.74) is 0.448. The Morgan fingerprint density at radius 2 is 2.03 bits per heavy atom. The van der Waals surface area contributed by atoms with Gasteiger partial charge in [0.25, 0.3) is 0 Å². The molecule has 4 atom stereocenters. The summed E-state index contributed by atoms with van der Waals surface area (Å²) >= 11 is 0. The molecule has 0 aliphatic carbocycles. The molecule has 0 bridgehead atoms. The normalized spacial score (nSPS) is 24.3. The van der Waals surface area contributed by atoms with Crippen molar-refractivity contribution in [2.75, 3.05) is 6.61 Å². The summed E-state index contributed by atoms with van der Waals surface area (Å²) in [6, 6.07) is 7.79. The van der Waals surface area contributed by atoms with Crippen LogP contribution in [0.3, 0.4) is 0 Å². The van der Waals surface area contributed by atoms with Crippen molar-refractivity contribution < 1.29 is 29.0 Å². The molecule has 156 valence electrons. The minimum Gasteiger partial charge on any atom is -0.489 e. The van der Waals surface area contributed by atoms with Gasteiger partial charge < -0.3 is 24.3 Å². The number of aliphatic hydroxyl groups is 1. The predicted octanol–water partition coefficient (Wildman–Crippen LogP) is 1.92. The molecular formula is C22H21NO7. The number of carboxylic acids is 1. The number of hydrogen-bond donors (Lipinski definition) is 2. The minimum absolute atomic E-state index is 0.0434. The van der Waals surface area contributed by atoms with Gasteiger partial charge in [-0.25, -0.2) is 9.59 Å². The molecule has 2 aromatic rings. The highest BCUT2D eigenvalue weighted by Crippen LogP contribution is 2.47. The van der Waals surface area contributed by atoms with E-state index < -0.39 is 23.6 Å². The molecule has 8 nitrogen and oxygen atoms in total. The average Bonchev–Trinajstić information content (AvgIpc) is 2.93. The number of aliphatic hydroxyl groups excluding tert-OH is 1. The standard InChI is InChI=1S/C22H21NO7/c1-11-15(20(22(27)28)23-19(11)18(12(2)24)21(23)26)4-3-9-29-14-7-5-13-6-8-17(25)30-16(13)10-14/h3-8,10-12,18-19,24H,9H2,1-2H3,(H,27,28)/b4-3+/t11-,12+,18+,19+/m0/s1. The molecule has 1 fully saturated rings. The van der Waals surface area contributed by atoms with E-state index >= 15 is 0 Å². The third-order valence-electron chi connectivity index (χ3n) is 5.67. The summed E-state index contributed by atoms with van der Waals surface area (Å²) in [5.74, 6) is -1.85. The maximum absolute atomic E-state index is 12.3. The lowest BCUT2D eigenvalue weighted by atomic mass is 9.78. The van der Waals surface area contributed by atoms with Gasteiger partial charge in [-0.1, -0.05) is 13.0 Å². The molecule has 3 heterocycles. The molecule has 2 N–H and O–H groups in total. The Bertz CT molecular complexity index is 1140. The molecule has 1 aromatic carbocycles. The number of allylic oxidation sites excluding steroid dienone is 1. The summed E-state index contributed by atoms with van der Waals surface area (Å²) in [6.45, 7) is 3.55. The number of carbonyl (C=O) groups excluding carboxylic acids is 1. The van der Waals surface area contributed by atoms with Crippen LogP contribution < -0.4 is 10.4 Å². The monoisotopic (exact) mass is 411 g/mol. The molecule has 0 saturated carbocycles. The second kappa shape index (κ2) is 7.46. The highest BCUT2D eigenvalue weighted by atomic mass is 16.5.